The Morgan fingerprint density at radius 1 is 1.31 bits per heavy atom. The zero-order chi connectivity index (χ0) is 18.5. The van der Waals surface area contributed by atoms with Gasteiger partial charge in [0.2, 0.25) is 0 Å². The summed E-state index contributed by atoms with van der Waals surface area (Å²) in [6.07, 6.45) is 0. The summed E-state index contributed by atoms with van der Waals surface area (Å²) in [7, 11) is 0. The molecular weight excluding hydrogens is 382 g/mol. The molecule has 7 nitrogen and oxygen atoms in total. The van der Waals surface area contributed by atoms with Gasteiger partial charge in [0.25, 0.3) is 5.69 Å². The molecule has 136 valence electrons. The quantitative estimate of drug-likeness (QED) is 0.316. The lowest BCUT2D eigenvalue weighted by Crippen LogP contribution is -2.14. The van der Waals surface area contributed by atoms with Crippen LogP contribution in [0, 0.1) is 10.1 Å². The van der Waals surface area contributed by atoms with Crippen LogP contribution in [0.25, 0.3) is 0 Å². The fourth-order valence-electron chi connectivity index (χ4n) is 2.37. The van der Waals surface area contributed by atoms with E-state index < -0.39 is 10.9 Å². The van der Waals surface area contributed by atoms with E-state index in [2.05, 4.69) is 0 Å². The van der Waals surface area contributed by atoms with Crippen molar-refractivity contribution < 1.29 is 23.9 Å². The summed E-state index contributed by atoms with van der Waals surface area (Å²) in [6, 6.07) is 9.43. The van der Waals surface area contributed by atoms with Gasteiger partial charge in [-0.1, -0.05) is 11.6 Å². The van der Waals surface area contributed by atoms with Gasteiger partial charge in [-0.05, 0) is 24.3 Å². The molecule has 0 atom stereocenters. The maximum Gasteiger partial charge on any atom is 0.316 e. The number of hydrogen-bond acceptors (Lipinski definition) is 7. The molecule has 2 aromatic rings. The second kappa shape index (κ2) is 8.39. The van der Waals surface area contributed by atoms with Crippen LogP contribution in [0.2, 0.25) is 5.02 Å². The Hall–Kier alpha value is -2.29. The zero-order valence-electron chi connectivity index (χ0n) is 13.5. The Balaban J connectivity index is 1.54. The molecule has 2 aromatic carbocycles. The highest BCUT2D eigenvalue weighted by Gasteiger charge is 2.17. The summed E-state index contributed by atoms with van der Waals surface area (Å²) in [5.74, 6) is 0.315. The first-order valence-electron chi connectivity index (χ1n) is 7.57. The van der Waals surface area contributed by atoms with Crippen LogP contribution in [0.15, 0.2) is 41.3 Å². The van der Waals surface area contributed by atoms with Crippen molar-refractivity contribution in [3.8, 4) is 5.75 Å². The highest BCUT2D eigenvalue weighted by Crippen LogP contribution is 2.32. The van der Waals surface area contributed by atoms with Crippen molar-refractivity contribution in [3.63, 3.8) is 0 Å². The molecule has 0 amide bonds. The Morgan fingerprint density at radius 2 is 2.08 bits per heavy atom. The van der Waals surface area contributed by atoms with Gasteiger partial charge in [0.15, 0.2) is 6.79 Å². The molecular formula is C17H14ClNO6S. The van der Waals surface area contributed by atoms with Gasteiger partial charge in [-0.3, -0.25) is 14.9 Å². The predicted octanol–water partition coefficient (Wildman–Crippen LogP) is 3.95. The number of rotatable bonds is 6. The second-order valence-electron chi connectivity index (χ2n) is 5.36. The van der Waals surface area contributed by atoms with Crippen molar-refractivity contribution >= 4 is 35.0 Å². The van der Waals surface area contributed by atoms with Crippen LogP contribution in [0.5, 0.6) is 5.75 Å². The Bertz CT molecular complexity index is 827. The van der Waals surface area contributed by atoms with E-state index in [4.69, 9.17) is 25.8 Å². The van der Waals surface area contributed by atoms with Gasteiger partial charge in [0, 0.05) is 33.2 Å². The largest absolute Gasteiger partial charge is 0.467 e. The summed E-state index contributed by atoms with van der Waals surface area (Å²) in [4.78, 5) is 22.9. The van der Waals surface area contributed by atoms with Crippen LogP contribution in [0.3, 0.4) is 0 Å². The molecule has 26 heavy (non-hydrogen) atoms. The number of nitro groups is 1. The van der Waals surface area contributed by atoms with Crippen LogP contribution in [-0.2, 0) is 27.5 Å². The monoisotopic (exact) mass is 395 g/mol. The summed E-state index contributed by atoms with van der Waals surface area (Å²) in [5, 5.41) is 11.1. The number of ether oxygens (including phenoxy) is 3. The summed E-state index contributed by atoms with van der Waals surface area (Å²) in [6.45, 7) is 0.584. The topological polar surface area (TPSA) is 87.9 Å². The maximum absolute atomic E-state index is 12.0. The molecule has 0 N–H and O–H groups in total. The number of hydrogen-bond donors (Lipinski definition) is 0. The van der Waals surface area contributed by atoms with Crippen molar-refractivity contribution in [2.45, 2.75) is 18.1 Å². The number of fused-ring (bicyclic) bond motifs is 1. The first-order chi connectivity index (χ1) is 12.5. The van der Waals surface area contributed by atoms with Gasteiger partial charge in [-0.15, -0.1) is 11.8 Å². The van der Waals surface area contributed by atoms with E-state index in [-0.39, 0.29) is 24.8 Å². The van der Waals surface area contributed by atoms with Crippen molar-refractivity contribution in [1.29, 1.82) is 0 Å². The summed E-state index contributed by atoms with van der Waals surface area (Å²) >= 11 is 7.31. The van der Waals surface area contributed by atoms with Crippen LogP contribution in [0.4, 0.5) is 5.69 Å². The van der Waals surface area contributed by atoms with Crippen molar-refractivity contribution in [3.05, 3.63) is 62.7 Å². The van der Waals surface area contributed by atoms with Gasteiger partial charge >= 0.3 is 5.97 Å². The van der Waals surface area contributed by atoms with Gasteiger partial charge < -0.3 is 14.2 Å². The SMILES string of the molecule is O=C(CSc1ccc([N+](=O)[O-])cc1)OCc1cc(Cl)cc2c1OCOC2. The number of benzene rings is 2. The van der Waals surface area contributed by atoms with Gasteiger partial charge in [0.1, 0.15) is 12.4 Å². The van der Waals surface area contributed by atoms with Gasteiger partial charge in [0.05, 0.1) is 17.3 Å². The zero-order valence-corrected chi connectivity index (χ0v) is 15.0. The molecule has 0 aromatic heterocycles. The number of non-ortho nitro benzene ring substituents is 1. The number of carbonyl (C=O) groups is 1. The lowest BCUT2D eigenvalue weighted by atomic mass is 10.1. The third-order valence-electron chi connectivity index (χ3n) is 3.54. The molecule has 1 heterocycles. The van der Waals surface area contributed by atoms with Crippen LogP contribution >= 0.6 is 23.4 Å². The summed E-state index contributed by atoms with van der Waals surface area (Å²) < 4.78 is 16.0. The number of nitro benzene ring substituents is 1. The minimum atomic E-state index is -0.471. The molecule has 0 radical (unpaired) electrons. The molecule has 0 fully saturated rings. The smallest absolute Gasteiger partial charge is 0.316 e. The molecule has 0 aliphatic carbocycles. The number of esters is 1. The van der Waals surface area contributed by atoms with E-state index in [1.165, 1.54) is 23.9 Å². The number of halogens is 1. The Kier molecular flexibility index (Phi) is 5.97. The third kappa shape index (κ3) is 4.66. The maximum atomic E-state index is 12.0. The molecule has 0 unspecified atom stereocenters. The first-order valence-corrected chi connectivity index (χ1v) is 8.94. The summed E-state index contributed by atoms with van der Waals surface area (Å²) in [5.41, 5.74) is 1.51. The molecule has 3 rings (SSSR count). The predicted molar refractivity (Wildman–Crippen MR) is 95.4 cm³/mol. The lowest BCUT2D eigenvalue weighted by Gasteiger charge is -2.21. The fourth-order valence-corrected chi connectivity index (χ4v) is 3.33. The van der Waals surface area contributed by atoms with E-state index in [9.17, 15) is 14.9 Å². The molecule has 0 bridgehead atoms. The van der Waals surface area contributed by atoms with E-state index >= 15 is 0 Å². The van der Waals surface area contributed by atoms with E-state index in [0.717, 1.165) is 10.5 Å². The average molecular weight is 396 g/mol. The molecule has 0 spiro atoms. The molecule has 9 heteroatoms. The lowest BCUT2D eigenvalue weighted by molar-refractivity contribution is -0.384. The van der Waals surface area contributed by atoms with E-state index in [0.29, 0.717) is 22.9 Å². The highest BCUT2D eigenvalue weighted by molar-refractivity contribution is 8.00. The Labute approximate surface area is 158 Å². The molecule has 1 aliphatic rings. The highest BCUT2D eigenvalue weighted by atomic mass is 35.5. The number of thioether (sulfide) groups is 1. The molecule has 0 saturated carbocycles. The van der Waals surface area contributed by atoms with Crippen molar-refractivity contribution in [2.24, 2.45) is 0 Å². The van der Waals surface area contributed by atoms with E-state index in [1.54, 1.807) is 24.3 Å². The first kappa shape index (κ1) is 18.5. The number of nitrogens with zero attached hydrogens (tertiary/aromatic N) is 1. The average Bonchev–Trinajstić information content (AvgIpc) is 2.64. The van der Waals surface area contributed by atoms with Crippen molar-refractivity contribution in [2.75, 3.05) is 12.5 Å². The molecule has 0 saturated heterocycles. The standard InChI is InChI=1S/C17H14ClNO6S/c18-13-5-11-7-23-10-25-17(11)12(6-13)8-24-16(20)9-26-15-3-1-14(2-4-15)19(21)22/h1-6H,7-10H2. The third-order valence-corrected chi connectivity index (χ3v) is 4.75. The van der Waals surface area contributed by atoms with Crippen LogP contribution in [-0.4, -0.2) is 23.4 Å². The second-order valence-corrected chi connectivity index (χ2v) is 6.85. The van der Waals surface area contributed by atoms with Crippen LogP contribution in [0.1, 0.15) is 11.1 Å². The fraction of sp³-hybridized carbons (Fsp3) is 0.235. The van der Waals surface area contributed by atoms with E-state index in [1.807, 2.05) is 0 Å². The minimum Gasteiger partial charge on any atom is -0.467 e. The number of carbonyl (C=O) groups excluding carboxylic acids is 1. The normalized spacial score (nSPS) is 12.8. The van der Waals surface area contributed by atoms with Crippen molar-refractivity contribution in [1.82, 2.24) is 0 Å². The Morgan fingerprint density at radius 3 is 2.81 bits per heavy atom. The van der Waals surface area contributed by atoms with Crippen LogP contribution < -0.4 is 4.74 Å². The molecule has 1 aliphatic heterocycles. The van der Waals surface area contributed by atoms with Gasteiger partial charge in [-0.25, -0.2) is 0 Å². The van der Waals surface area contributed by atoms with Gasteiger partial charge in [-0.2, -0.15) is 0 Å². The minimum absolute atomic E-state index is 0.00614.